The van der Waals surface area contributed by atoms with Crippen LogP contribution in [0.2, 0.25) is 0 Å². The van der Waals surface area contributed by atoms with Crippen LogP contribution in [0.3, 0.4) is 0 Å². The summed E-state index contributed by atoms with van der Waals surface area (Å²) in [5.41, 5.74) is 0. The van der Waals surface area contributed by atoms with Gasteiger partial charge in [0, 0.05) is 7.05 Å². The Morgan fingerprint density at radius 3 is 2.20 bits per heavy atom. The van der Waals surface area contributed by atoms with Crippen molar-refractivity contribution in [3.8, 4) is 0 Å². The number of carboxylic acid groups (broad SMARTS) is 1. The third kappa shape index (κ3) is 2.65. The lowest BCUT2D eigenvalue weighted by Crippen LogP contribution is -2.27. The molecule has 0 atom stereocenters. The van der Waals surface area contributed by atoms with Crippen molar-refractivity contribution in [1.82, 2.24) is 5.32 Å². The SMILES string of the molecule is CNC(=O)OC(=O)C(=O)O. The normalized spacial score (nSPS) is 8.10. The molecule has 0 aromatic rings. The number of aliphatic carboxylic acids is 1. The minimum Gasteiger partial charge on any atom is -0.473 e. The molecule has 2 N–H and O–H groups in total. The number of ether oxygens (including phenoxy) is 1. The number of carbonyl (C=O) groups is 3. The second-order valence-corrected chi connectivity index (χ2v) is 1.23. The average molecular weight is 147 g/mol. The highest BCUT2D eigenvalue weighted by Gasteiger charge is 2.16. The number of carbonyl (C=O) groups excluding carboxylic acids is 2. The van der Waals surface area contributed by atoms with Crippen LogP contribution in [0.4, 0.5) is 4.79 Å². The summed E-state index contributed by atoms with van der Waals surface area (Å²) < 4.78 is 3.67. The Morgan fingerprint density at radius 2 is 1.90 bits per heavy atom. The van der Waals surface area contributed by atoms with Crippen molar-refractivity contribution in [3.63, 3.8) is 0 Å². The third-order valence-electron chi connectivity index (χ3n) is 0.564. The molecule has 0 bridgehead atoms. The largest absolute Gasteiger partial charge is 0.473 e. The maximum Gasteiger partial charge on any atom is 0.426 e. The maximum atomic E-state index is 10.1. The van der Waals surface area contributed by atoms with E-state index in [2.05, 4.69) is 4.74 Å². The molecule has 0 saturated carbocycles. The highest BCUT2D eigenvalue weighted by Crippen LogP contribution is 1.78. The number of amides is 1. The van der Waals surface area contributed by atoms with E-state index in [9.17, 15) is 14.4 Å². The fourth-order valence-corrected chi connectivity index (χ4v) is 0.179. The highest BCUT2D eigenvalue weighted by molar-refractivity contribution is 6.30. The molecule has 0 aromatic carbocycles. The van der Waals surface area contributed by atoms with Crippen LogP contribution in [-0.2, 0) is 14.3 Å². The van der Waals surface area contributed by atoms with Gasteiger partial charge in [0.2, 0.25) is 0 Å². The molecule has 0 aromatic heterocycles. The summed E-state index contributed by atoms with van der Waals surface area (Å²) in [6.07, 6.45) is -1.09. The number of hydrogen-bond donors (Lipinski definition) is 2. The molecule has 0 heterocycles. The van der Waals surface area contributed by atoms with Gasteiger partial charge >= 0.3 is 18.0 Å². The van der Waals surface area contributed by atoms with Gasteiger partial charge in [-0.1, -0.05) is 0 Å². The Morgan fingerprint density at radius 1 is 1.40 bits per heavy atom. The molecule has 0 aliphatic heterocycles. The smallest absolute Gasteiger partial charge is 0.426 e. The zero-order valence-electron chi connectivity index (χ0n) is 5.08. The van der Waals surface area contributed by atoms with Crippen LogP contribution in [0.15, 0.2) is 0 Å². The number of carboxylic acids is 1. The minimum atomic E-state index is -1.80. The Bertz CT molecular complexity index is 174. The van der Waals surface area contributed by atoms with E-state index in [1.807, 2.05) is 5.32 Å². The highest BCUT2D eigenvalue weighted by atomic mass is 16.6. The summed E-state index contributed by atoms with van der Waals surface area (Å²) in [7, 11) is 1.21. The van der Waals surface area contributed by atoms with Crippen LogP contribution >= 0.6 is 0 Å². The Labute approximate surface area is 55.8 Å². The predicted molar refractivity (Wildman–Crippen MR) is 28.2 cm³/mol. The van der Waals surface area contributed by atoms with Gasteiger partial charge in [0.25, 0.3) is 0 Å². The summed E-state index contributed by atoms with van der Waals surface area (Å²) in [4.78, 5) is 29.8. The van der Waals surface area contributed by atoms with Crippen LogP contribution in [0.5, 0.6) is 0 Å². The molecule has 0 radical (unpaired) electrons. The van der Waals surface area contributed by atoms with E-state index >= 15 is 0 Å². The number of alkyl carbamates (subject to hydrolysis) is 1. The molecule has 0 fully saturated rings. The first-order chi connectivity index (χ1) is 4.57. The third-order valence-corrected chi connectivity index (χ3v) is 0.564. The number of hydrogen-bond acceptors (Lipinski definition) is 4. The first kappa shape index (κ1) is 8.41. The molecule has 56 valence electrons. The van der Waals surface area contributed by atoms with Crippen LogP contribution in [0.25, 0.3) is 0 Å². The number of nitrogens with one attached hydrogen (secondary N) is 1. The van der Waals surface area contributed by atoms with Crippen LogP contribution < -0.4 is 5.32 Å². The monoisotopic (exact) mass is 147 g/mol. The first-order valence-electron chi connectivity index (χ1n) is 2.24. The zero-order valence-corrected chi connectivity index (χ0v) is 5.08. The van der Waals surface area contributed by atoms with Crippen molar-refractivity contribution in [2.75, 3.05) is 7.05 Å². The molecule has 1 amide bonds. The van der Waals surface area contributed by atoms with Crippen molar-refractivity contribution in [2.45, 2.75) is 0 Å². The molecule has 6 nitrogen and oxygen atoms in total. The molecule has 10 heavy (non-hydrogen) atoms. The van der Waals surface area contributed by atoms with Gasteiger partial charge in [-0.2, -0.15) is 0 Å². The van der Waals surface area contributed by atoms with Crippen molar-refractivity contribution in [2.24, 2.45) is 0 Å². The summed E-state index contributed by atoms with van der Waals surface area (Å²) in [6, 6.07) is 0. The molecule has 0 aliphatic carbocycles. The van der Waals surface area contributed by atoms with Crippen LogP contribution in [-0.4, -0.2) is 30.2 Å². The first-order valence-corrected chi connectivity index (χ1v) is 2.24. The molecular formula is C4H5NO5. The van der Waals surface area contributed by atoms with E-state index in [1.165, 1.54) is 7.05 Å². The Balaban J connectivity index is 3.80. The molecule has 0 spiro atoms. The fourth-order valence-electron chi connectivity index (χ4n) is 0.179. The van der Waals surface area contributed by atoms with E-state index in [1.54, 1.807) is 0 Å². The lowest BCUT2D eigenvalue weighted by Gasteiger charge is -1.95. The van der Waals surface area contributed by atoms with Crippen molar-refractivity contribution < 1.29 is 24.2 Å². The van der Waals surface area contributed by atoms with Crippen molar-refractivity contribution in [3.05, 3.63) is 0 Å². The van der Waals surface area contributed by atoms with Gasteiger partial charge < -0.3 is 15.2 Å². The lowest BCUT2D eigenvalue weighted by molar-refractivity contribution is -0.159. The van der Waals surface area contributed by atoms with Gasteiger partial charge in [-0.3, -0.25) is 0 Å². The van der Waals surface area contributed by atoms with Crippen molar-refractivity contribution >= 4 is 18.0 Å². The predicted octanol–water partition coefficient (Wildman–Crippen LogP) is -1.05. The zero-order chi connectivity index (χ0) is 8.15. The molecule has 0 unspecified atom stereocenters. The quantitative estimate of drug-likeness (QED) is 0.259. The van der Waals surface area contributed by atoms with Crippen molar-refractivity contribution in [1.29, 1.82) is 0 Å². The average Bonchev–Trinajstić information content (AvgIpc) is 1.87. The van der Waals surface area contributed by atoms with Gasteiger partial charge in [0.05, 0.1) is 0 Å². The molecule has 0 aliphatic rings. The second-order valence-electron chi connectivity index (χ2n) is 1.23. The minimum absolute atomic E-state index is 1.09. The number of rotatable bonds is 0. The summed E-state index contributed by atoms with van der Waals surface area (Å²) in [6.45, 7) is 0. The van der Waals surface area contributed by atoms with Crippen LogP contribution in [0.1, 0.15) is 0 Å². The lowest BCUT2D eigenvalue weighted by atomic mass is 10.7. The second kappa shape index (κ2) is 3.44. The molecule has 0 rings (SSSR count). The van der Waals surface area contributed by atoms with E-state index < -0.39 is 18.0 Å². The molecule has 6 heteroatoms. The van der Waals surface area contributed by atoms with Gasteiger partial charge in [-0.05, 0) is 0 Å². The molecule has 0 saturated heterocycles. The standard InChI is InChI=1S/C4H5NO5/c1-5-4(9)10-3(8)2(6)7/h1H3,(H,5,9)(H,6,7). The van der Waals surface area contributed by atoms with E-state index in [-0.39, 0.29) is 0 Å². The van der Waals surface area contributed by atoms with Gasteiger partial charge in [-0.15, -0.1) is 0 Å². The van der Waals surface area contributed by atoms with E-state index in [0.717, 1.165) is 0 Å². The van der Waals surface area contributed by atoms with E-state index in [4.69, 9.17) is 5.11 Å². The van der Waals surface area contributed by atoms with Gasteiger partial charge in [0.15, 0.2) is 0 Å². The number of esters is 1. The summed E-state index contributed by atoms with van der Waals surface area (Å²) in [5, 5.41) is 9.78. The summed E-state index contributed by atoms with van der Waals surface area (Å²) in [5.74, 6) is -3.40. The summed E-state index contributed by atoms with van der Waals surface area (Å²) >= 11 is 0. The maximum absolute atomic E-state index is 10.1. The Hall–Kier alpha value is -1.59. The fraction of sp³-hybridized carbons (Fsp3) is 0.250. The molecular weight excluding hydrogens is 142 g/mol. The van der Waals surface area contributed by atoms with Gasteiger partial charge in [0.1, 0.15) is 0 Å². The Kier molecular flexibility index (Phi) is 2.89. The topological polar surface area (TPSA) is 92.7 Å². The van der Waals surface area contributed by atoms with Crippen LogP contribution in [0, 0.1) is 0 Å². The van der Waals surface area contributed by atoms with Gasteiger partial charge in [-0.25, -0.2) is 14.4 Å². The van der Waals surface area contributed by atoms with E-state index in [0.29, 0.717) is 0 Å².